The molecule has 4 rings (SSSR count). The summed E-state index contributed by atoms with van der Waals surface area (Å²) in [5.41, 5.74) is 2.30. The lowest BCUT2D eigenvalue weighted by Gasteiger charge is -2.34. The molecule has 1 fully saturated rings. The average Bonchev–Trinajstić information content (AvgIpc) is 3.23. The van der Waals surface area contributed by atoms with Crippen molar-refractivity contribution < 1.29 is 18.9 Å². The molecule has 3 heterocycles. The summed E-state index contributed by atoms with van der Waals surface area (Å²) in [7, 11) is 0. The van der Waals surface area contributed by atoms with E-state index in [0.717, 1.165) is 24.5 Å². The van der Waals surface area contributed by atoms with Crippen LogP contribution in [0, 0.1) is 6.92 Å². The van der Waals surface area contributed by atoms with E-state index in [9.17, 15) is 4.79 Å². The van der Waals surface area contributed by atoms with E-state index in [1.165, 1.54) is 0 Å². The molecule has 0 radical (unpaired) electrons. The van der Waals surface area contributed by atoms with Crippen LogP contribution in [0.5, 0.6) is 11.5 Å². The molecule has 0 spiro atoms. The minimum absolute atomic E-state index is 0.0206. The van der Waals surface area contributed by atoms with E-state index in [2.05, 4.69) is 15.2 Å². The molecule has 1 aromatic carbocycles. The number of aryl methyl sites for hydroxylation is 1. The standard InChI is InChI=1S/C16H18N4O4/c1-11-13(18-24-17-11)9-19-4-6-20(7-5-19)16(21)12-2-3-14-15(8-12)23-10-22-14/h2-3,8H,4-7,9-10H2,1H3. The summed E-state index contributed by atoms with van der Waals surface area (Å²) in [6.45, 7) is 5.73. The Hall–Kier alpha value is -2.61. The van der Waals surface area contributed by atoms with Crippen molar-refractivity contribution in [3.63, 3.8) is 0 Å². The maximum atomic E-state index is 12.7. The molecule has 1 saturated heterocycles. The molecule has 2 aliphatic heterocycles. The number of carbonyl (C=O) groups excluding carboxylic acids is 1. The van der Waals surface area contributed by atoms with Gasteiger partial charge in [-0.05, 0) is 25.1 Å². The maximum absolute atomic E-state index is 12.7. The summed E-state index contributed by atoms with van der Waals surface area (Å²) in [4.78, 5) is 16.8. The first-order valence-corrected chi connectivity index (χ1v) is 7.90. The van der Waals surface area contributed by atoms with Crippen LogP contribution in [0.4, 0.5) is 0 Å². The summed E-state index contributed by atoms with van der Waals surface area (Å²) in [6.07, 6.45) is 0. The van der Waals surface area contributed by atoms with Crippen molar-refractivity contribution in [2.75, 3.05) is 33.0 Å². The van der Waals surface area contributed by atoms with Crippen LogP contribution in [-0.4, -0.2) is 59.0 Å². The summed E-state index contributed by atoms with van der Waals surface area (Å²) in [6, 6.07) is 5.32. The van der Waals surface area contributed by atoms with Gasteiger partial charge >= 0.3 is 0 Å². The van der Waals surface area contributed by atoms with Gasteiger partial charge in [0.15, 0.2) is 11.5 Å². The molecule has 0 bridgehead atoms. The summed E-state index contributed by atoms with van der Waals surface area (Å²) in [5.74, 6) is 1.34. The number of hydrogen-bond donors (Lipinski definition) is 0. The fraction of sp³-hybridized carbons (Fsp3) is 0.438. The SMILES string of the molecule is Cc1nonc1CN1CCN(C(=O)c2ccc3c(c2)OCO3)CC1. The summed E-state index contributed by atoms with van der Waals surface area (Å²) < 4.78 is 15.3. The topological polar surface area (TPSA) is 80.9 Å². The minimum atomic E-state index is 0.0206. The Bertz CT molecular complexity index is 752. The van der Waals surface area contributed by atoms with Gasteiger partial charge in [-0.1, -0.05) is 10.3 Å². The number of piperazine rings is 1. The summed E-state index contributed by atoms with van der Waals surface area (Å²) >= 11 is 0. The lowest BCUT2D eigenvalue weighted by molar-refractivity contribution is 0.0625. The lowest BCUT2D eigenvalue weighted by atomic mass is 10.1. The van der Waals surface area contributed by atoms with E-state index in [0.29, 0.717) is 36.7 Å². The molecule has 0 saturated carbocycles. The van der Waals surface area contributed by atoms with Gasteiger partial charge < -0.3 is 14.4 Å². The molecule has 0 aliphatic carbocycles. The van der Waals surface area contributed by atoms with Crippen LogP contribution < -0.4 is 9.47 Å². The molecule has 8 heteroatoms. The first kappa shape index (κ1) is 14.9. The number of ether oxygens (including phenoxy) is 2. The Morgan fingerprint density at radius 2 is 1.92 bits per heavy atom. The zero-order valence-corrected chi connectivity index (χ0v) is 13.4. The van der Waals surface area contributed by atoms with Gasteiger partial charge in [0.1, 0.15) is 11.4 Å². The average molecular weight is 330 g/mol. The minimum Gasteiger partial charge on any atom is -0.454 e. The Balaban J connectivity index is 1.37. The van der Waals surface area contributed by atoms with Crippen LogP contribution in [-0.2, 0) is 6.54 Å². The van der Waals surface area contributed by atoms with Crippen molar-refractivity contribution in [3.05, 3.63) is 35.2 Å². The third-order valence-electron chi connectivity index (χ3n) is 4.40. The van der Waals surface area contributed by atoms with Crippen LogP contribution in [0.15, 0.2) is 22.8 Å². The van der Waals surface area contributed by atoms with Crippen molar-refractivity contribution in [2.24, 2.45) is 0 Å². The van der Waals surface area contributed by atoms with E-state index < -0.39 is 0 Å². The smallest absolute Gasteiger partial charge is 0.254 e. The highest BCUT2D eigenvalue weighted by molar-refractivity contribution is 5.95. The zero-order valence-electron chi connectivity index (χ0n) is 13.4. The van der Waals surface area contributed by atoms with Gasteiger partial charge in [-0.3, -0.25) is 9.69 Å². The molecule has 0 unspecified atom stereocenters. The number of rotatable bonds is 3. The number of hydrogen-bond acceptors (Lipinski definition) is 7. The van der Waals surface area contributed by atoms with Crippen molar-refractivity contribution in [1.82, 2.24) is 20.1 Å². The van der Waals surface area contributed by atoms with E-state index in [4.69, 9.17) is 14.1 Å². The molecule has 24 heavy (non-hydrogen) atoms. The normalized spacial score (nSPS) is 17.3. The maximum Gasteiger partial charge on any atom is 0.254 e. The number of amides is 1. The monoisotopic (exact) mass is 330 g/mol. The lowest BCUT2D eigenvalue weighted by Crippen LogP contribution is -2.48. The molecule has 2 aliphatic rings. The van der Waals surface area contributed by atoms with Crippen molar-refractivity contribution in [2.45, 2.75) is 13.5 Å². The third-order valence-corrected chi connectivity index (χ3v) is 4.40. The number of carbonyl (C=O) groups is 1. The molecular weight excluding hydrogens is 312 g/mol. The first-order chi connectivity index (χ1) is 11.7. The molecule has 1 aromatic heterocycles. The van der Waals surface area contributed by atoms with Gasteiger partial charge in [0, 0.05) is 38.3 Å². The van der Waals surface area contributed by atoms with Gasteiger partial charge in [-0.25, -0.2) is 4.63 Å². The van der Waals surface area contributed by atoms with Crippen LogP contribution in [0.2, 0.25) is 0 Å². The van der Waals surface area contributed by atoms with Gasteiger partial charge in [-0.15, -0.1) is 0 Å². The predicted octanol–water partition coefficient (Wildman–Crippen LogP) is 1.06. The molecule has 126 valence electrons. The number of aromatic nitrogens is 2. The fourth-order valence-corrected chi connectivity index (χ4v) is 2.93. The molecule has 1 amide bonds. The van der Waals surface area contributed by atoms with Crippen molar-refractivity contribution >= 4 is 5.91 Å². The van der Waals surface area contributed by atoms with Crippen molar-refractivity contribution in [1.29, 1.82) is 0 Å². The van der Waals surface area contributed by atoms with E-state index >= 15 is 0 Å². The largest absolute Gasteiger partial charge is 0.454 e. The van der Waals surface area contributed by atoms with Crippen LogP contribution in [0.3, 0.4) is 0 Å². The quantitative estimate of drug-likeness (QED) is 0.832. The Labute approximate surface area is 138 Å². The first-order valence-electron chi connectivity index (χ1n) is 7.90. The number of fused-ring (bicyclic) bond motifs is 1. The molecule has 0 atom stereocenters. The second-order valence-electron chi connectivity index (χ2n) is 5.93. The Morgan fingerprint density at radius 3 is 2.67 bits per heavy atom. The molecule has 0 N–H and O–H groups in total. The van der Waals surface area contributed by atoms with Crippen LogP contribution in [0.25, 0.3) is 0 Å². The molecular formula is C16H18N4O4. The van der Waals surface area contributed by atoms with Crippen LogP contribution in [0.1, 0.15) is 21.7 Å². The Kier molecular flexibility index (Phi) is 3.81. The van der Waals surface area contributed by atoms with E-state index in [1.54, 1.807) is 18.2 Å². The predicted molar refractivity (Wildman–Crippen MR) is 82.8 cm³/mol. The third kappa shape index (κ3) is 2.80. The highest BCUT2D eigenvalue weighted by atomic mass is 16.7. The van der Waals surface area contributed by atoms with Gasteiger partial charge in [0.25, 0.3) is 5.91 Å². The van der Waals surface area contributed by atoms with Gasteiger partial charge in [0.2, 0.25) is 6.79 Å². The highest BCUT2D eigenvalue weighted by Gasteiger charge is 2.25. The molecule has 2 aromatic rings. The van der Waals surface area contributed by atoms with Gasteiger partial charge in [-0.2, -0.15) is 0 Å². The van der Waals surface area contributed by atoms with Crippen LogP contribution >= 0.6 is 0 Å². The highest BCUT2D eigenvalue weighted by Crippen LogP contribution is 2.32. The second-order valence-corrected chi connectivity index (χ2v) is 5.93. The van der Waals surface area contributed by atoms with E-state index in [1.807, 2.05) is 11.8 Å². The zero-order chi connectivity index (χ0) is 16.5. The van der Waals surface area contributed by atoms with E-state index in [-0.39, 0.29) is 12.7 Å². The Morgan fingerprint density at radius 1 is 1.12 bits per heavy atom. The molecule has 8 nitrogen and oxygen atoms in total. The fourth-order valence-electron chi connectivity index (χ4n) is 2.93. The summed E-state index contributed by atoms with van der Waals surface area (Å²) in [5, 5.41) is 7.70. The van der Waals surface area contributed by atoms with Crippen molar-refractivity contribution in [3.8, 4) is 11.5 Å². The number of benzene rings is 1. The van der Waals surface area contributed by atoms with Gasteiger partial charge in [0.05, 0.1) is 0 Å². The second kappa shape index (κ2) is 6.12. The number of nitrogens with zero attached hydrogens (tertiary/aromatic N) is 4.